The summed E-state index contributed by atoms with van der Waals surface area (Å²) in [7, 11) is 0. The third-order valence-electron chi connectivity index (χ3n) is 6.01. The van der Waals surface area contributed by atoms with E-state index in [1.807, 2.05) is 11.6 Å². The third kappa shape index (κ3) is 5.09. The molecule has 3 aromatic carbocycles. The first-order valence-electron chi connectivity index (χ1n) is 11.1. The summed E-state index contributed by atoms with van der Waals surface area (Å²) in [6, 6.07) is 20.3. The van der Waals surface area contributed by atoms with Crippen molar-refractivity contribution in [2.45, 2.75) is 31.2 Å². The van der Waals surface area contributed by atoms with E-state index >= 15 is 0 Å². The van der Waals surface area contributed by atoms with Crippen LogP contribution in [-0.4, -0.2) is 41.0 Å². The van der Waals surface area contributed by atoms with Gasteiger partial charge in [-0.25, -0.2) is 14.2 Å². The summed E-state index contributed by atoms with van der Waals surface area (Å²) in [5.41, 5.74) is 6.80. The fourth-order valence-corrected chi connectivity index (χ4v) is 4.95. The maximum Gasteiger partial charge on any atom is 0.407 e. The minimum Gasteiger partial charge on any atom is -0.442 e. The summed E-state index contributed by atoms with van der Waals surface area (Å²) in [6.07, 6.45) is -1.51. The number of hydrogen-bond acceptors (Lipinski definition) is 6. The van der Waals surface area contributed by atoms with Crippen LogP contribution in [0.2, 0.25) is 0 Å². The summed E-state index contributed by atoms with van der Waals surface area (Å²) in [6.45, 7) is 0.492. The Bertz CT molecular complexity index is 1290. The second kappa shape index (κ2) is 9.89. The molecule has 0 radical (unpaired) electrons. The van der Waals surface area contributed by atoms with Crippen molar-refractivity contribution in [1.82, 2.24) is 15.6 Å². The quantitative estimate of drug-likeness (QED) is 0.386. The Morgan fingerprint density at radius 2 is 1.94 bits per heavy atom. The SMILES string of the molecule is O=C(NCc1cccc(F)c1)O[C@@H]1[C@@H](O)CN[C@@H]1Cc1ccc(-c2ccc3ncsc3c2)cc1. The monoisotopic (exact) mass is 477 g/mol. The largest absolute Gasteiger partial charge is 0.442 e. The molecule has 1 aliphatic rings. The summed E-state index contributed by atoms with van der Waals surface area (Å²) in [5.74, 6) is -0.363. The molecule has 0 saturated carbocycles. The van der Waals surface area contributed by atoms with Crippen molar-refractivity contribution in [1.29, 1.82) is 0 Å². The van der Waals surface area contributed by atoms with Gasteiger partial charge in [0.15, 0.2) is 0 Å². The maximum absolute atomic E-state index is 13.3. The second-order valence-electron chi connectivity index (χ2n) is 8.37. The van der Waals surface area contributed by atoms with Gasteiger partial charge in [-0.3, -0.25) is 0 Å². The van der Waals surface area contributed by atoms with Crippen LogP contribution in [0.1, 0.15) is 11.1 Å². The summed E-state index contributed by atoms with van der Waals surface area (Å²) >= 11 is 1.62. The lowest BCUT2D eigenvalue weighted by Crippen LogP contribution is -2.41. The Morgan fingerprint density at radius 1 is 1.12 bits per heavy atom. The Labute approximate surface area is 200 Å². The van der Waals surface area contributed by atoms with E-state index in [4.69, 9.17) is 4.74 Å². The molecular formula is C26H24FN3O3S. The number of alkyl carbamates (subject to hydrolysis) is 1. The first kappa shape index (κ1) is 22.5. The molecule has 0 bridgehead atoms. The number of hydrogen-bond donors (Lipinski definition) is 3. The minimum atomic E-state index is -0.796. The van der Waals surface area contributed by atoms with Gasteiger partial charge in [0.25, 0.3) is 0 Å². The normalized spacial score (nSPS) is 19.9. The van der Waals surface area contributed by atoms with Gasteiger partial charge in [-0.15, -0.1) is 11.3 Å². The van der Waals surface area contributed by atoms with Gasteiger partial charge in [-0.2, -0.15) is 0 Å². The lowest BCUT2D eigenvalue weighted by molar-refractivity contribution is 0.0188. The smallest absolute Gasteiger partial charge is 0.407 e. The highest BCUT2D eigenvalue weighted by molar-refractivity contribution is 7.16. The number of aliphatic hydroxyl groups excluding tert-OH is 1. The molecule has 8 heteroatoms. The molecule has 2 heterocycles. The number of nitrogens with zero attached hydrogens (tertiary/aromatic N) is 1. The number of carbonyl (C=O) groups is 1. The van der Waals surface area contributed by atoms with Crippen molar-refractivity contribution in [2.24, 2.45) is 0 Å². The molecule has 5 rings (SSSR count). The molecule has 1 amide bonds. The molecule has 1 fully saturated rings. The van der Waals surface area contributed by atoms with E-state index in [9.17, 15) is 14.3 Å². The number of fused-ring (bicyclic) bond motifs is 1. The van der Waals surface area contributed by atoms with Crippen LogP contribution in [0.15, 0.2) is 72.2 Å². The van der Waals surface area contributed by atoms with E-state index < -0.39 is 18.3 Å². The highest BCUT2D eigenvalue weighted by Crippen LogP contribution is 2.27. The number of halogens is 1. The van der Waals surface area contributed by atoms with Crippen LogP contribution in [-0.2, 0) is 17.7 Å². The van der Waals surface area contributed by atoms with E-state index in [2.05, 4.69) is 52.0 Å². The van der Waals surface area contributed by atoms with Crippen LogP contribution >= 0.6 is 11.3 Å². The van der Waals surface area contributed by atoms with Crippen LogP contribution in [0, 0.1) is 5.82 Å². The van der Waals surface area contributed by atoms with Crippen LogP contribution in [0.25, 0.3) is 21.3 Å². The Morgan fingerprint density at radius 3 is 2.76 bits per heavy atom. The number of thiazole rings is 1. The van der Waals surface area contributed by atoms with Gasteiger partial charge in [0.05, 0.1) is 21.8 Å². The van der Waals surface area contributed by atoms with Gasteiger partial charge >= 0.3 is 6.09 Å². The van der Waals surface area contributed by atoms with Crippen LogP contribution < -0.4 is 10.6 Å². The fraction of sp³-hybridized carbons (Fsp3) is 0.231. The number of β-amino-alcohol motifs (C(OH)–C–C–N with tert-alkyl or cyclic N) is 1. The molecular weight excluding hydrogens is 453 g/mol. The lowest BCUT2D eigenvalue weighted by atomic mass is 9.98. The predicted octanol–water partition coefficient (Wildman–Crippen LogP) is 4.27. The molecule has 0 unspecified atom stereocenters. The van der Waals surface area contributed by atoms with Gasteiger partial charge in [-0.1, -0.05) is 42.5 Å². The van der Waals surface area contributed by atoms with E-state index in [1.165, 1.54) is 12.1 Å². The van der Waals surface area contributed by atoms with E-state index in [1.54, 1.807) is 23.5 Å². The molecule has 6 nitrogen and oxygen atoms in total. The zero-order chi connectivity index (χ0) is 23.5. The number of rotatable bonds is 6. The van der Waals surface area contributed by atoms with Crippen LogP contribution in [0.4, 0.5) is 9.18 Å². The fourth-order valence-electron chi connectivity index (χ4n) is 4.23. The molecule has 0 spiro atoms. The van der Waals surface area contributed by atoms with Crippen LogP contribution in [0.5, 0.6) is 0 Å². The first-order chi connectivity index (χ1) is 16.5. The molecule has 3 atom stereocenters. The first-order valence-corrected chi connectivity index (χ1v) is 12.0. The minimum absolute atomic E-state index is 0.145. The molecule has 0 aliphatic carbocycles. The van der Waals surface area contributed by atoms with E-state index in [0.29, 0.717) is 18.5 Å². The molecule has 1 saturated heterocycles. The number of benzene rings is 3. The van der Waals surface area contributed by atoms with Crippen molar-refractivity contribution >= 4 is 27.6 Å². The van der Waals surface area contributed by atoms with Gasteiger partial charge < -0.3 is 20.5 Å². The van der Waals surface area contributed by atoms with Crippen molar-refractivity contribution in [3.63, 3.8) is 0 Å². The number of amides is 1. The number of aromatic nitrogens is 1. The summed E-state index contributed by atoms with van der Waals surface area (Å²) in [5, 5.41) is 16.2. The number of aliphatic hydroxyl groups is 1. The van der Waals surface area contributed by atoms with Gasteiger partial charge in [0, 0.05) is 13.1 Å². The van der Waals surface area contributed by atoms with Gasteiger partial charge in [0.2, 0.25) is 0 Å². The molecule has 174 valence electrons. The highest BCUT2D eigenvalue weighted by atomic mass is 32.1. The molecule has 4 aromatic rings. The zero-order valence-electron chi connectivity index (χ0n) is 18.3. The molecule has 34 heavy (non-hydrogen) atoms. The predicted molar refractivity (Wildman–Crippen MR) is 130 cm³/mol. The average Bonchev–Trinajstić information content (AvgIpc) is 3.45. The Hall–Kier alpha value is -3.33. The highest BCUT2D eigenvalue weighted by Gasteiger charge is 2.37. The third-order valence-corrected chi connectivity index (χ3v) is 6.80. The van der Waals surface area contributed by atoms with E-state index in [-0.39, 0.29) is 18.4 Å². The Kier molecular flexibility index (Phi) is 6.53. The second-order valence-corrected chi connectivity index (χ2v) is 9.26. The summed E-state index contributed by atoms with van der Waals surface area (Å²) in [4.78, 5) is 16.6. The average molecular weight is 478 g/mol. The van der Waals surface area contributed by atoms with Crippen molar-refractivity contribution in [2.75, 3.05) is 6.54 Å². The standard InChI is InChI=1S/C26H24FN3O3S/c27-20-3-1-2-17(10-20)13-29-26(32)33-25-22(28-14-23(25)31)11-16-4-6-18(7-5-16)19-8-9-21-24(12-19)34-15-30-21/h1-10,12,15,22-23,25,28,31H,11,13-14H2,(H,29,32)/t22-,23+,25+/m1/s1. The topological polar surface area (TPSA) is 83.5 Å². The number of ether oxygens (including phenoxy) is 1. The number of nitrogens with one attached hydrogen (secondary N) is 2. The van der Waals surface area contributed by atoms with Gasteiger partial charge in [-0.05, 0) is 52.9 Å². The van der Waals surface area contributed by atoms with Gasteiger partial charge in [0.1, 0.15) is 18.0 Å². The Balaban J connectivity index is 1.20. The molecule has 1 aromatic heterocycles. The number of carbonyl (C=O) groups excluding carboxylic acids is 1. The lowest BCUT2D eigenvalue weighted by Gasteiger charge is -2.22. The molecule has 1 aliphatic heterocycles. The van der Waals surface area contributed by atoms with Crippen molar-refractivity contribution in [3.8, 4) is 11.1 Å². The maximum atomic E-state index is 13.3. The molecule has 3 N–H and O–H groups in total. The zero-order valence-corrected chi connectivity index (χ0v) is 19.1. The van der Waals surface area contributed by atoms with E-state index in [0.717, 1.165) is 26.9 Å². The van der Waals surface area contributed by atoms with Crippen molar-refractivity contribution in [3.05, 3.63) is 89.2 Å². The van der Waals surface area contributed by atoms with Crippen molar-refractivity contribution < 1.29 is 19.0 Å². The van der Waals surface area contributed by atoms with Crippen LogP contribution in [0.3, 0.4) is 0 Å². The summed E-state index contributed by atoms with van der Waals surface area (Å²) < 4.78 is 20.0.